The topological polar surface area (TPSA) is 43.8 Å². The van der Waals surface area contributed by atoms with E-state index < -0.39 is 5.97 Å². The van der Waals surface area contributed by atoms with E-state index in [1.54, 1.807) is 0 Å². The maximum atomic E-state index is 11.2. The van der Waals surface area contributed by atoms with E-state index in [4.69, 9.17) is 0 Å². The van der Waals surface area contributed by atoms with Gasteiger partial charge in [0.2, 0.25) is 0 Å². The molecule has 22 heavy (non-hydrogen) atoms. The molecule has 2 aliphatic rings. The molecule has 4 nitrogen and oxygen atoms in total. The van der Waals surface area contributed by atoms with Crippen LogP contribution in [0.3, 0.4) is 0 Å². The zero-order chi connectivity index (χ0) is 15.4. The standard InChI is InChI=1S/C18H24N2O2/c21-18(22)16-7-4-8-17(13-16)20-11-9-19(10-12-20)14-15-5-2-1-3-6-15/h1-6,8,16-17H,7,9-14H2,(H,21,22)/t16-,17+/m1/s1. The first kappa shape index (κ1) is 15.3. The van der Waals surface area contributed by atoms with Crippen molar-refractivity contribution >= 4 is 5.97 Å². The monoisotopic (exact) mass is 300 g/mol. The normalized spacial score (nSPS) is 26.9. The van der Waals surface area contributed by atoms with Gasteiger partial charge in [-0.3, -0.25) is 14.6 Å². The van der Waals surface area contributed by atoms with Gasteiger partial charge >= 0.3 is 5.97 Å². The molecule has 1 aromatic carbocycles. The minimum atomic E-state index is -0.655. The Labute approximate surface area is 132 Å². The number of nitrogens with zero attached hydrogens (tertiary/aromatic N) is 2. The van der Waals surface area contributed by atoms with Gasteiger partial charge in [0.1, 0.15) is 0 Å². The fraction of sp³-hybridized carbons (Fsp3) is 0.500. The van der Waals surface area contributed by atoms with E-state index in [0.29, 0.717) is 12.5 Å². The Morgan fingerprint density at radius 3 is 2.55 bits per heavy atom. The summed E-state index contributed by atoms with van der Waals surface area (Å²) < 4.78 is 0. The lowest BCUT2D eigenvalue weighted by molar-refractivity contribution is -0.142. The second kappa shape index (κ2) is 7.07. The summed E-state index contributed by atoms with van der Waals surface area (Å²) in [5.41, 5.74) is 1.36. The van der Waals surface area contributed by atoms with Crippen molar-refractivity contribution in [2.75, 3.05) is 26.2 Å². The van der Waals surface area contributed by atoms with E-state index in [0.717, 1.165) is 39.1 Å². The van der Waals surface area contributed by atoms with Crippen molar-refractivity contribution in [3.63, 3.8) is 0 Å². The van der Waals surface area contributed by atoms with Gasteiger partial charge < -0.3 is 5.11 Å². The molecule has 0 bridgehead atoms. The molecule has 0 radical (unpaired) electrons. The number of piperazine rings is 1. The second-order valence-corrected chi connectivity index (χ2v) is 6.30. The molecule has 1 aromatic rings. The molecule has 0 unspecified atom stereocenters. The van der Waals surface area contributed by atoms with Crippen LogP contribution in [0.25, 0.3) is 0 Å². The summed E-state index contributed by atoms with van der Waals surface area (Å²) in [6, 6.07) is 10.9. The molecule has 0 saturated carbocycles. The van der Waals surface area contributed by atoms with Gasteiger partial charge in [-0.15, -0.1) is 0 Å². The number of carboxylic acid groups (broad SMARTS) is 1. The lowest BCUT2D eigenvalue weighted by Gasteiger charge is -2.40. The molecule has 1 aliphatic carbocycles. The Bertz CT molecular complexity index is 521. The Morgan fingerprint density at radius 1 is 1.14 bits per heavy atom. The first-order chi connectivity index (χ1) is 10.7. The molecule has 4 heteroatoms. The van der Waals surface area contributed by atoms with E-state index in [1.165, 1.54) is 5.56 Å². The predicted octanol–water partition coefficient (Wildman–Crippen LogP) is 2.22. The van der Waals surface area contributed by atoms with Crippen LogP contribution in [-0.2, 0) is 11.3 Å². The third-order valence-electron chi connectivity index (χ3n) is 4.78. The van der Waals surface area contributed by atoms with Gasteiger partial charge in [-0.1, -0.05) is 42.5 Å². The Hall–Kier alpha value is -1.65. The number of rotatable bonds is 4. The zero-order valence-corrected chi connectivity index (χ0v) is 12.9. The van der Waals surface area contributed by atoms with Crippen LogP contribution >= 0.6 is 0 Å². The lowest BCUT2D eigenvalue weighted by Crippen LogP contribution is -2.50. The van der Waals surface area contributed by atoms with E-state index in [2.05, 4.69) is 46.2 Å². The number of carboxylic acids is 1. The van der Waals surface area contributed by atoms with Gasteiger partial charge in [0.25, 0.3) is 0 Å². The number of allylic oxidation sites excluding steroid dienone is 1. The van der Waals surface area contributed by atoms with Crippen LogP contribution < -0.4 is 0 Å². The summed E-state index contributed by atoms with van der Waals surface area (Å²) in [7, 11) is 0. The van der Waals surface area contributed by atoms with Gasteiger partial charge in [0.05, 0.1) is 5.92 Å². The minimum absolute atomic E-state index is 0.211. The number of benzene rings is 1. The van der Waals surface area contributed by atoms with Crippen LogP contribution in [0.2, 0.25) is 0 Å². The van der Waals surface area contributed by atoms with Crippen molar-refractivity contribution in [1.82, 2.24) is 9.80 Å². The zero-order valence-electron chi connectivity index (χ0n) is 12.9. The Morgan fingerprint density at radius 2 is 1.86 bits per heavy atom. The highest BCUT2D eigenvalue weighted by Crippen LogP contribution is 2.24. The molecule has 1 saturated heterocycles. The Balaban J connectivity index is 1.50. The van der Waals surface area contributed by atoms with Crippen LogP contribution in [0.15, 0.2) is 42.5 Å². The van der Waals surface area contributed by atoms with Crippen LogP contribution in [0.4, 0.5) is 0 Å². The highest BCUT2D eigenvalue weighted by molar-refractivity contribution is 5.70. The van der Waals surface area contributed by atoms with Crippen molar-refractivity contribution in [1.29, 1.82) is 0 Å². The largest absolute Gasteiger partial charge is 0.481 e. The summed E-state index contributed by atoms with van der Waals surface area (Å²) in [6.07, 6.45) is 5.68. The highest BCUT2D eigenvalue weighted by Gasteiger charge is 2.29. The lowest BCUT2D eigenvalue weighted by atomic mass is 9.90. The van der Waals surface area contributed by atoms with E-state index in [1.807, 2.05) is 6.08 Å². The molecule has 0 spiro atoms. The Kier molecular flexibility index (Phi) is 4.90. The summed E-state index contributed by atoms with van der Waals surface area (Å²) in [5, 5.41) is 9.20. The molecular weight excluding hydrogens is 276 g/mol. The first-order valence-electron chi connectivity index (χ1n) is 8.12. The first-order valence-corrected chi connectivity index (χ1v) is 8.12. The number of hydrogen-bond acceptors (Lipinski definition) is 3. The van der Waals surface area contributed by atoms with E-state index >= 15 is 0 Å². The van der Waals surface area contributed by atoms with Crippen molar-refractivity contribution in [2.24, 2.45) is 5.92 Å². The maximum Gasteiger partial charge on any atom is 0.306 e. The molecular formula is C18H24N2O2. The van der Waals surface area contributed by atoms with Gasteiger partial charge in [-0.05, 0) is 18.4 Å². The summed E-state index contributed by atoms with van der Waals surface area (Å²) in [4.78, 5) is 16.1. The highest BCUT2D eigenvalue weighted by atomic mass is 16.4. The third-order valence-corrected chi connectivity index (χ3v) is 4.78. The molecule has 2 atom stereocenters. The molecule has 3 rings (SSSR count). The molecule has 1 N–H and O–H groups in total. The van der Waals surface area contributed by atoms with Crippen molar-refractivity contribution in [3.05, 3.63) is 48.0 Å². The van der Waals surface area contributed by atoms with Crippen LogP contribution in [0, 0.1) is 5.92 Å². The fourth-order valence-corrected chi connectivity index (χ4v) is 3.43. The molecule has 1 fully saturated rings. The molecule has 1 heterocycles. The fourth-order valence-electron chi connectivity index (χ4n) is 3.43. The number of hydrogen-bond donors (Lipinski definition) is 1. The van der Waals surface area contributed by atoms with Crippen LogP contribution in [-0.4, -0.2) is 53.1 Å². The maximum absolute atomic E-state index is 11.2. The predicted molar refractivity (Wildman–Crippen MR) is 86.6 cm³/mol. The smallest absolute Gasteiger partial charge is 0.306 e. The average Bonchev–Trinajstić information content (AvgIpc) is 2.56. The number of aliphatic carboxylic acids is 1. The van der Waals surface area contributed by atoms with Crippen LogP contribution in [0.1, 0.15) is 18.4 Å². The number of carbonyl (C=O) groups is 1. The molecule has 0 aromatic heterocycles. The third kappa shape index (κ3) is 3.76. The van der Waals surface area contributed by atoms with Crippen LogP contribution in [0.5, 0.6) is 0 Å². The minimum Gasteiger partial charge on any atom is -0.481 e. The van der Waals surface area contributed by atoms with E-state index in [-0.39, 0.29) is 5.92 Å². The van der Waals surface area contributed by atoms with Gasteiger partial charge in [-0.25, -0.2) is 0 Å². The quantitative estimate of drug-likeness (QED) is 0.866. The van der Waals surface area contributed by atoms with Crippen molar-refractivity contribution < 1.29 is 9.90 Å². The summed E-state index contributed by atoms with van der Waals surface area (Å²) >= 11 is 0. The second-order valence-electron chi connectivity index (χ2n) is 6.30. The van der Waals surface area contributed by atoms with Gasteiger partial charge in [-0.2, -0.15) is 0 Å². The summed E-state index contributed by atoms with van der Waals surface area (Å²) in [5.74, 6) is -0.866. The van der Waals surface area contributed by atoms with Crippen molar-refractivity contribution in [2.45, 2.75) is 25.4 Å². The van der Waals surface area contributed by atoms with Gasteiger partial charge in [0.15, 0.2) is 0 Å². The van der Waals surface area contributed by atoms with Crippen molar-refractivity contribution in [3.8, 4) is 0 Å². The van der Waals surface area contributed by atoms with Gasteiger partial charge in [0, 0.05) is 38.8 Å². The molecule has 118 valence electrons. The average molecular weight is 300 g/mol. The SMILES string of the molecule is O=C(O)[C@@H]1CC=C[C@H](N2CCN(Cc3ccccc3)CC2)C1. The molecule has 0 amide bonds. The molecule has 1 aliphatic heterocycles. The van der Waals surface area contributed by atoms with E-state index in [9.17, 15) is 9.90 Å². The summed E-state index contributed by atoms with van der Waals surface area (Å²) in [6.45, 7) is 5.16.